The molecule has 2 N–H and O–H groups in total. The third-order valence-corrected chi connectivity index (χ3v) is 5.56. The number of carbonyl (C=O) groups is 1. The maximum absolute atomic E-state index is 12.6. The molecule has 0 saturated heterocycles. The lowest BCUT2D eigenvalue weighted by molar-refractivity contribution is 0.0958. The average Bonchev–Trinajstić information content (AvgIpc) is 2.78. The van der Waals surface area contributed by atoms with Crippen molar-refractivity contribution in [3.8, 4) is 17.6 Å². The summed E-state index contributed by atoms with van der Waals surface area (Å²) in [5.41, 5.74) is 1.48. The first-order valence-electron chi connectivity index (χ1n) is 9.66. The molecule has 1 amide bonds. The van der Waals surface area contributed by atoms with E-state index in [1.165, 1.54) is 18.2 Å². The second kappa shape index (κ2) is 10.3. The van der Waals surface area contributed by atoms with Gasteiger partial charge in [-0.05, 0) is 61.5 Å². The number of nitrogens with one attached hydrogen (secondary N) is 2. The highest BCUT2D eigenvalue weighted by Crippen LogP contribution is 2.20. The molecule has 0 aromatic heterocycles. The van der Waals surface area contributed by atoms with Gasteiger partial charge in [-0.3, -0.25) is 9.52 Å². The van der Waals surface area contributed by atoms with E-state index < -0.39 is 10.0 Å². The van der Waals surface area contributed by atoms with Gasteiger partial charge in [0.1, 0.15) is 5.75 Å². The summed E-state index contributed by atoms with van der Waals surface area (Å²) < 4.78 is 33.1. The maximum Gasteiger partial charge on any atom is 0.261 e. The predicted molar refractivity (Wildman–Crippen MR) is 121 cm³/mol. The van der Waals surface area contributed by atoms with Crippen LogP contribution >= 0.6 is 0 Å². The number of anilines is 1. The number of ether oxygens (including phenoxy) is 1. The molecule has 0 aliphatic carbocycles. The predicted octanol–water partition coefficient (Wildman–Crippen LogP) is 3.67. The Morgan fingerprint density at radius 1 is 0.968 bits per heavy atom. The van der Waals surface area contributed by atoms with Crippen molar-refractivity contribution >= 4 is 21.6 Å². The van der Waals surface area contributed by atoms with Crippen LogP contribution in [0.2, 0.25) is 0 Å². The van der Waals surface area contributed by atoms with E-state index in [0.29, 0.717) is 17.9 Å². The van der Waals surface area contributed by atoms with Crippen molar-refractivity contribution < 1.29 is 17.9 Å². The van der Waals surface area contributed by atoms with Crippen LogP contribution in [0.3, 0.4) is 0 Å². The number of carbonyl (C=O) groups excluding carboxylic acids is 1. The second-order valence-corrected chi connectivity index (χ2v) is 8.12. The number of sulfonamides is 1. The zero-order valence-corrected chi connectivity index (χ0v) is 17.8. The zero-order chi connectivity index (χ0) is 22.1. The molecule has 0 fully saturated rings. The van der Waals surface area contributed by atoms with Gasteiger partial charge in [-0.1, -0.05) is 36.1 Å². The van der Waals surface area contributed by atoms with E-state index in [4.69, 9.17) is 4.74 Å². The van der Waals surface area contributed by atoms with Gasteiger partial charge in [0.25, 0.3) is 15.9 Å². The van der Waals surface area contributed by atoms with Crippen LogP contribution in [0.1, 0.15) is 22.8 Å². The molecular formula is C24H22N2O4S. The molecule has 3 aromatic rings. The molecule has 6 nitrogen and oxygen atoms in total. The van der Waals surface area contributed by atoms with Crippen molar-refractivity contribution in [3.05, 3.63) is 90.0 Å². The molecule has 0 unspecified atom stereocenters. The molecule has 31 heavy (non-hydrogen) atoms. The Morgan fingerprint density at radius 3 is 2.42 bits per heavy atom. The second-order valence-electron chi connectivity index (χ2n) is 6.44. The Bertz CT molecular complexity index is 1200. The normalized spacial score (nSPS) is 10.5. The average molecular weight is 435 g/mol. The molecule has 0 aliphatic rings. The van der Waals surface area contributed by atoms with Crippen LogP contribution in [0.15, 0.2) is 83.8 Å². The number of amides is 1. The lowest BCUT2D eigenvalue weighted by atomic mass is 10.2. The Kier molecular flexibility index (Phi) is 7.31. The van der Waals surface area contributed by atoms with Gasteiger partial charge in [-0.15, -0.1) is 0 Å². The largest absolute Gasteiger partial charge is 0.494 e. The fourth-order valence-electron chi connectivity index (χ4n) is 2.71. The summed E-state index contributed by atoms with van der Waals surface area (Å²) in [4.78, 5) is 12.5. The van der Waals surface area contributed by atoms with Gasteiger partial charge in [-0.25, -0.2) is 8.42 Å². The standard InChI is InChI=1S/C24H22N2O4S/c1-2-30-22-13-15-23(16-14-22)31(28,29)26-21-12-6-11-20(18-21)24(27)25-17-7-10-19-8-4-3-5-9-19/h3-6,8-9,11-16,18,26H,2,17H2,1H3,(H,25,27). The minimum Gasteiger partial charge on any atom is -0.494 e. The zero-order valence-electron chi connectivity index (χ0n) is 17.0. The first kappa shape index (κ1) is 21.9. The van der Waals surface area contributed by atoms with Crippen LogP contribution in [-0.2, 0) is 10.0 Å². The van der Waals surface area contributed by atoms with Crippen molar-refractivity contribution in [2.24, 2.45) is 0 Å². The van der Waals surface area contributed by atoms with E-state index in [2.05, 4.69) is 21.9 Å². The third-order valence-electron chi connectivity index (χ3n) is 4.17. The molecular weight excluding hydrogens is 412 g/mol. The lowest BCUT2D eigenvalue weighted by Crippen LogP contribution is -2.23. The quantitative estimate of drug-likeness (QED) is 0.556. The van der Waals surface area contributed by atoms with Crippen molar-refractivity contribution in [1.29, 1.82) is 0 Å². The summed E-state index contributed by atoms with van der Waals surface area (Å²) in [6.07, 6.45) is 0. The topological polar surface area (TPSA) is 84.5 Å². The van der Waals surface area contributed by atoms with Gasteiger partial charge in [0.15, 0.2) is 0 Å². The van der Waals surface area contributed by atoms with Crippen LogP contribution < -0.4 is 14.8 Å². The molecule has 0 radical (unpaired) electrons. The molecule has 0 atom stereocenters. The Hall–Kier alpha value is -3.76. The van der Waals surface area contributed by atoms with Crippen molar-refractivity contribution in [3.63, 3.8) is 0 Å². The molecule has 0 spiro atoms. The minimum atomic E-state index is -3.80. The van der Waals surface area contributed by atoms with E-state index >= 15 is 0 Å². The number of hydrogen-bond acceptors (Lipinski definition) is 4. The summed E-state index contributed by atoms with van der Waals surface area (Å²) in [6, 6.07) is 21.9. The summed E-state index contributed by atoms with van der Waals surface area (Å²) in [5.74, 6) is 6.10. The van der Waals surface area contributed by atoms with E-state index in [1.807, 2.05) is 37.3 Å². The van der Waals surface area contributed by atoms with E-state index in [9.17, 15) is 13.2 Å². The van der Waals surface area contributed by atoms with E-state index in [-0.39, 0.29) is 23.0 Å². The third kappa shape index (κ3) is 6.36. The molecule has 0 saturated carbocycles. The van der Waals surface area contributed by atoms with Crippen LogP contribution in [0.25, 0.3) is 0 Å². The van der Waals surface area contributed by atoms with Gasteiger partial charge in [0.2, 0.25) is 0 Å². The highest BCUT2D eigenvalue weighted by molar-refractivity contribution is 7.92. The molecule has 0 heterocycles. The Labute approximate surface area is 182 Å². The monoisotopic (exact) mass is 434 g/mol. The number of hydrogen-bond donors (Lipinski definition) is 2. The van der Waals surface area contributed by atoms with E-state index in [0.717, 1.165) is 5.56 Å². The van der Waals surface area contributed by atoms with Crippen LogP contribution in [-0.4, -0.2) is 27.5 Å². The first-order chi connectivity index (χ1) is 15.0. The van der Waals surface area contributed by atoms with Crippen LogP contribution in [0, 0.1) is 11.8 Å². The molecule has 3 rings (SSSR count). The van der Waals surface area contributed by atoms with Gasteiger partial charge >= 0.3 is 0 Å². The Morgan fingerprint density at radius 2 is 1.71 bits per heavy atom. The summed E-state index contributed by atoms with van der Waals surface area (Å²) >= 11 is 0. The molecule has 0 bridgehead atoms. The van der Waals surface area contributed by atoms with Crippen LogP contribution in [0.4, 0.5) is 5.69 Å². The molecule has 7 heteroatoms. The highest BCUT2D eigenvalue weighted by atomic mass is 32.2. The number of rotatable bonds is 7. The first-order valence-corrected chi connectivity index (χ1v) is 11.1. The van der Waals surface area contributed by atoms with Crippen molar-refractivity contribution in [1.82, 2.24) is 5.32 Å². The fraction of sp³-hybridized carbons (Fsp3) is 0.125. The molecule has 0 aliphatic heterocycles. The van der Waals surface area contributed by atoms with E-state index in [1.54, 1.807) is 30.3 Å². The smallest absolute Gasteiger partial charge is 0.261 e. The number of benzene rings is 3. The van der Waals surface area contributed by atoms with Crippen molar-refractivity contribution in [2.45, 2.75) is 11.8 Å². The summed E-state index contributed by atoms with van der Waals surface area (Å²) in [5, 5.41) is 2.71. The van der Waals surface area contributed by atoms with Gasteiger partial charge in [0.05, 0.1) is 18.0 Å². The Balaban J connectivity index is 1.64. The van der Waals surface area contributed by atoms with Gasteiger partial charge in [-0.2, -0.15) is 0 Å². The summed E-state index contributed by atoms with van der Waals surface area (Å²) in [7, 11) is -3.80. The highest BCUT2D eigenvalue weighted by Gasteiger charge is 2.15. The molecule has 158 valence electrons. The lowest BCUT2D eigenvalue weighted by Gasteiger charge is -2.10. The van der Waals surface area contributed by atoms with Crippen LogP contribution in [0.5, 0.6) is 5.75 Å². The van der Waals surface area contributed by atoms with Gasteiger partial charge in [0, 0.05) is 16.8 Å². The maximum atomic E-state index is 12.6. The van der Waals surface area contributed by atoms with Crippen molar-refractivity contribution in [2.75, 3.05) is 17.9 Å². The molecule has 3 aromatic carbocycles. The summed E-state index contributed by atoms with van der Waals surface area (Å²) in [6.45, 7) is 2.53. The fourth-order valence-corrected chi connectivity index (χ4v) is 3.76. The SMILES string of the molecule is CCOc1ccc(S(=O)(=O)Nc2cccc(C(=O)NCC#Cc3ccccc3)c2)cc1. The minimum absolute atomic E-state index is 0.0991. The van der Waals surface area contributed by atoms with Gasteiger partial charge < -0.3 is 10.1 Å².